The number of carbonyl (C=O) groups is 1. The number of esters is 1. The summed E-state index contributed by atoms with van der Waals surface area (Å²) in [7, 11) is 5.58. The van der Waals surface area contributed by atoms with Gasteiger partial charge in [-0.2, -0.15) is 0 Å². The molecule has 3 fully saturated rings. The monoisotopic (exact) mass is 1050 g/mol. The van der Waals surface area contributed by atoms with E-state index in [9.17, 15) is 25.2 Å². The molecule has 0 amide bonds. The zero-order valence-corrected chi connectivity index (χ0v) is 48.3. The highest BCUT2D eigenvalue weighted by Crippen LogP contribution is 2.45. The van der Waals surface area contributed by atoms with E-state index in [1.165, 1.54) is 12.5 Å². The molecular weight excluding hydrogens is 957 g/mol. The van der Waals surface area contributed by atoms with Crippen molar-refractivity contribution in [2.24, 2.45) is 23.7 Å². The number of aromatic nitrogens is 6. The Bertz CT molecular complexity index is 2250. The summed E-state index contributed by atoms with van der Waals surface area (Å²) >= 11 is 0. The van der Waals surface area contributed by atoms with E-state index in [1.807, 2.05) is 55.2 Å². The number of aliphatic hydroxyl groups is 4. The Labute approximate surface area is 448 Å². The smallest absolute Gasteiger partial charge is 0.309 e. The summed E-state index contributed by atoms with van der Waals surface area (Å²) in [6, 6.07) is 8.10. The molecule has 75 heavy (non-hydrogen) atoms. The molecule has 0 spiro atoms. The number of unbranched alkanes of at least 4 members (excludes halogenated alkanes) is 1. The van der Waals surface area contributed by atoms with Gasteiger partial charge in [0.05, 0.1) is 64.8 Å². The lowest BCUT2D eigenvalue weighted by atomic mass is 9.68. The maximum atomic E-state index is 14.6. The summed E-state index contributed by atoms with van der Waals surface area (Å²) in [4.78, 5) is 19.0. The number of nitrogens with zero attached hydrogens (tertiary/aromatic N) is 8. The van der Waals surface area contributed by atoms with E-state index in [4.69, 9.17) is 23.7 Å². The van der Waals surface area contributed by atoms with Crippen LogP contribution in [0.3, 0.4) is 0 Å². The lowest BCUT2D eigenvalue weighted by Crippen LogP contribution is -2.61. The number of aliphatic hydroxyl groups excluding tert-OH is 2. The van der Waals surface area contributed by atoms with Gasteiger partial charge in [-0.05, 0) is 124 Å². The van der Waals surface area contributed by atoms with Crippen LogP contribution in [0.2, 0.25) is 0 Å². The third-order valence-corrected chi connectivity index (χ3v) is 17.2. The molecule has 2 aromatic heterocycles. The van der Waals surface area contributed by atoms with Crippen LogP contribution in [-0.2, 0) is 53.3 Å². The first kappa shape index (κ1) is 60.8. The fourth-order valence-electron chi connectivity index (χ4n) is 12.4. The van der Waals surface area contributed by atoms with Crippen LogP contribution >= 0.6 is 0 Å². The first-order chi connectivity index (χ1) is 35.1. The summed E-state index contributed by atoms with van der Waals surface area (Å²) in [6.07, 6.45) is 3.68. The highest BCUT2D eigenvalue weighted by molar-refractivity contribution is 5.73. The van der Waals surface area contributed by atoms with Crippen LogP contribution in [0.1, 0.15) is 152 Å². The van der Waals surface area contributed by atoms with E-state index in [0.29, 0.717) is 19.4 Å². The van der Waals surface area contributed by atoms with Crippen molar-refractivity contribution >= 4 is 5.97 Å². The number of ether oxygens (including phenoxy) is 5. The molecule has 6 rings (SSSR count). The number of benzene rings is 1. The van der Waals surface area contributed by atoms with Crippen molar-refractivity contribution in [2.75, 3.05) is 34.3 Å². The van der Waals surface area contributed by atoms with Gasteiger partial charge < -0.3 is 53.9 Å². The molecule has 3 aliphatic rings. The maximum Gasteiger partial charge on any atom is 0.309 e. The highest BCUT2D eigenvalue weighted by atomic mass is 16.7. The van der Waals surface area contributed by atoms with Crippen LogP contribution in [0.5, 0.6) is 0 Å². The quantitative estimate of drug-likeness (QED) is 0.0971. The third kappa shape index (κ3) is 14.8. The van der Waals surface area contributed by atoms with E-state index in [0.717, 1.165) is 62.3 Å². The Hall–Kier alpha value is -3.43. The zero-order valence-electron chi connectivity index (χ0n) is 48.3. The standard InChI is InChI=1S/C57H96N8O10/c1-17-47-57(13,70)50(66)39(6)63(15)32-35(2)30-55(11,69)52(37(4)49(38(5)53(68)74-47)45-31-56(12,71-16)51(67)40(7)73-45)75-48-29-44(28-36(3)72-48)62(14)27-25-42-33-64(60-58-42)26-19-18-20-41-21-23-43(24-22-41)65-34-46(59-61-65)54(8,9)10/h21-24,33-40,44-45,47-52,66-67,69-70H,17-20,25-32H2,1-16H3/t35-,36-,37+,38-,39-,40+,44+,45?,47-,48+,49+,50-,51+,52-,55-,56-,57-/m1/s1. The molecule has 424 valence electrons. The van der Waals surface area contributed by atoms with E-state index >= 15 is 0 Å². The Morgan fingerprint density at radius 1 is 0.893 bits per heavy atom. The molecule has 17 atom stereocenters. The molecule has 3 saturated heterocycles. The molecule has 18 heteroatoms. The lowest BCUT2D eigenvalue weighted by Gasteiger charge is -2.51. The lowest BCUT2D eigenvalue weighted by molar-refractivity contribution is -0.275. The second-order valence-corrected chi connectivity index (χ2v) is 24.8. The van der Waals surface area contributed by atoms with Gasteiger partial charge in [0.1, 0.15) is 23.9 Å². The van der Waals surface area contributed by atoms with Crippen molar-refractivity contribution in [2.45, 2.75) is 238 Å². The van der Waals surface area contributed by atoms with Crippen LogP contribution < -0.4 is 0 Å². The fourth-order valence-corrected chi connectivity index (χ4v) is 12.4. The number of methoxy groups -OCH3 is 1. The predicted molar refractivity (Wildman–Crippen MR) is 287 cm³/mol. The van der Waals surface area contributed by atoms with Gasteiger partial charge in [0.25, 0.3) is 0 Å². The molecule has 3 aromatic rings. The molecular formula is C57H96N8O10. The average Bonchev–Trinajstić information content (AvgIpc) is 4.04. The first-order valence-corrected chi connectivity index (χ1v) is 27.9. The largest absolute Gasteiger partial charge is 0.459 e. The minimum atomic E-state index is -1.78. The predicted octanol–water partition coefficient (Wildman–Crippen LogP) is 6.31. The van der Waals surface area contributed by atoms with Gasteiger partial charge in [0.2, 0.25) is 0 Å². The molecule has 0 aliphatic carbocycles. The SMILES string of the molecule is CC[C@H]1OC(=O)[C@H](C)[C@@H](C2C[C@@](C)(OC)[C@@H](O)[C@H](C)O2)[C@H](C)[C@@H](O[C@H]2C[C@@H](N(C)CCc3cn(CCCCc4ccc(-n5cc(C(C)(C)C)nn5)cc4)nn3)C[C@@H](C)O2)[C@](C)(O)C[C@@H](C)CN(C)[C@H](C)[C@@H](O)[C@]1(C)O. The van der Waals surface area contributed by atoms with Gasteiger partial charge in [-0.1, -0.05) is 71.0 Å². The van der Waals surface area contributed by atoms with Crippen LogP contribution in [0.25, 0.3) is 5.69 Å². The molecule has 5 heterocycles. The van der Waals surface area contributed by atoms with E-state index in [2.05, 4.69) is 97.7 Å². The molecule has 3 aliphatic heterocycles. The van der Waals surface area contributed by atoms with E-state index in [1.54, 1.807) is 27.9 Å². The van der Waals surface area contributed by atoms with E-state index < -0.39 is 89.5 Å². The van der Waals surface area contributed by atoms with Crippen molar-refractivity contribution in [3.8, 4) is 5.69 Å². The summed E-state index contributed by atoms with van der Waals surface area (Å²) < 4.78 is 36.4. The van der Waals surface area contributed by atoms with Crippen molar-refractivity contribution in [1.29, 1.82) is 0 Å². The molecule has 4 N–H and O–H groups in total. The van der Waals surface area contributed by atoms with Crippen molar-refractivity contribution < 1.29 is 48.9 Å². The normalized spacial score (nSPS) is 37.3. The maximum absolute atomic E-state index is 14.6. The molecule has 0 bridgehead atoms. The minimum Gasteiger partial charge on any atom is -0.459 e. The summed E-state index contributed by atoms with van der Waals surface area (Å²) in [6.45, 7) is 27.0. The van der Waals surface area contributed by atoms with Crippen LogP contribution in [0.15, 0.2) is 36.7 Å². The second-order valence-electron chi connectivity index (χ2n) is 24.8. The number of likely N-dealkylation sites (N-methyl/N-ethyl adjacent to an activating group) is 2. The molecule has 0 saturated carbocycles. The second kappa shape index (κ2) is 25.1. The number of hydrogen-bond acceptors (Lipinski definition) is 16. The average molecular weight is 1050 g/mol. The van der Waals surface area contributed by atoms with Crippen molar-refractivity contribution in [1.82, 2.24) is 39.8 Å². The Balaban J connectivity index is 1.15. The summed E-state index contributed by atoms with van der Waals surface area (Å²) in [5, 5.41) is 65.6. The summed E-state index contributed by atoms with van der Waals surface area (Å²) in [5.41, 5.74) is -0.121. The highest BCUT2D eigenvalue weighted by Gasteiger charge is 2.54. The van der Waals surface area contributed by atoms with Gasteiger partial charge in [-0.3, -0.25) is 9.48 Å². The van der Waals surface area contributed by atoms with Crippen LogP contribution in [-0.4, -0.2) is 178 Å². The number of rotatable bonds is 15. The Kier molecular flexibility index (Phi) is 20.4. The van der Waals surface area contributed by atoms with Crippen molar-refractivity contribution in [3.63, 3.8) is 0 Å². The van der Waals surface area contributed by atoms with Gasteiger partial charge in [-0.15, -0.1) is 10.2 Å². The van der Waals surface area contributed by atoms with E-state index in [-0.39, 0.29) is 36.3 Å². The minimum absolute atomic E-state index is 0.0546. The Morgan fingerprint density at radius 2 is 1.59 bits per heavy atom. The van der Waals surface area contributed by atoms with Gasteiger partial charge >= 0.3 is 5.97 Å². The molecule has 1 aromatic carbocycles. The molecule has 1 unspecified atom stereocenters. The zero-order chi connectivity index (χ0) is 55.4. The van der Waals surface area contributed by atoms with Crippen LogP contribution in [0, 0.1) is 23.7 Å². The molecule has 0 radical (unpaired) electrons. The first-order valence-electron chi connectivity index (χ1n) is 27.9. The fraction of sp³-hybridized carbons (Fsp3) is 0.807. The third-order valence-electron chi connectivity index (χ3n) is 17.2. The topological polar surface area (TPSA) is 212 Å². The van der Waals surface area contributed by atoms with Gasteiger partial charge in [0.15, 0.2) is 6.29 Å². The number of cyclic esters (lactones) is 1. The number of aryl methyl sites for hydroxylation is 2. The van der Waals surface area contributed by atoms with Crippen LogP contribution in [0.4, 0.5) is 0 Å². The van der Waals surface area contributed by atoms with Gasteiger partial charge in [-0.25, -0.2) is 4.68 Å². The van der Waals surface area contributed by atoms with Gasteiger partial charge in [0, 0.05) is 75.6 Å². The number of hydrogen-bond donors (Lipinski definition) is 4. The molecule has 18 nitrogen and oxygen atoms in total. The number of carbonyl (C=O) groups excluding carboxylic acids is 1. The Morgan fingerprint density at radius 3 is 2.23 bits per heavy atom. The summed E-state index contributed by atoms with van der Waals surface area (Å²) in [5.74, 6) is -2.69. The van der Waals surface area contributed by atoms with Crippen molar-refractivity contribution in [3.05, 3.63) is 53.6 Å².